The Morgan fingerprint density at radius 1 is 0.286 bits per heavy atom. The van der Waals surface area contributed by atoms with Crippen molar-refractivity contribution in [1.29, 1.82) is 0 Å². The first kappa shape index (κ1) is 24.3. The molecule has 0 aliphatic rings. The lowest BCUT2D eigenvalue weighted by molar-refractivity contribution is 1.32. The highest BCUT2D eigenvalue weighted by Gasteiger charge is 2.18. The van der Waals surface area contributed by atoms with E-state index in [9.17, 15) is 0 Å². The lowest BCUT2D eigenvalue weighted by Crippen LogP contribution is -1.94. The minimum absolute atomic E-state index is 0.971. The molecular formula is C41H27N. The molecule has 42 heavy (non-hydrogen) atoms. The number of nitrogens with zero attached hydrogens (tertiary/aromatic N) is 1. The van der Waals surface area contributed by atoms with Crippen molar-refractivity contribution in [1.82, 2.24) is 4.98 Å². The maximum atomic E-state index is 5.15. The van der Waals surface area contributed by atoms with Crippen molar-refractivity contribution >= 4 is 32.3 Å². The number of pyridine rings is 1. The standard InChI is InChI=1S/C41H27N/c1-3-14-29(15-4-1)38-26-33(27-39(42-38)30-16-5-2-6-17-30)41-36-21-11-9-19-34(36)40(35-20-10-12-22-37(35)41)32-24-23-28-13-7-8-18-31(28)25-32/h1-27H. The van der Waals surface area contributed by atoms with Crippen LogP contribution in [-0.4, -0.2) is 4.98 Å². The van der Waals surface area contributed by atoms with Gasteiger partial charge >= 0.3 is 0 Å². The summed E-state index contributed by atoms with van der Waals surface area (Å²) in [6.45, 7) is 0. The molecule has 0 N–H and O–H groups in total. The van der Waals surface area contributed by atoms with Crippen molar-refractivity contribution in [3.63, 3.8) is 0 Å². The minimum atomic E-state index is 0.971. The highest BCUT2D eigenvalue weighted by Crippen LogP contribution is 2.45. The minimum Gasteiger partial charge on any atom is -0.248 e. The fraction of sp³-hybridized carbons (Fsp3) is 0. The van der Waals surface area contributed by atoms with Gasteiger partial charge in [0.1, 0.15) is 0 Å². The largest absolute Gasteiger partial charge is 0.248 e. The average Bonchev–Trinajstić information content (AvgIpc) is 3.07. The van der Waals surface area contributed by atoms with Crippen molar-refractivity contribution in [2.45, 2.75) is 0 Å². The molecule has 0 aliphatic carbocycles. The normalized spacial score (nSPS) is 11.3. The Morgan fingerprint density at radius 2 is 0.714 bits per heavy atom. The summed E-state index contributed by atoms with van der Waals surface area (Å²) in [5, 5.41) is 7.49. The van der Waals surface area contributed by atoms with Crippen LogP contribution in [0.5, 0.6) is 0 Å². The van der Waals surface area contributed by atoms with Gasteiger partial charge in [-0.25, -0.2) is 4.98 Å². The fourth-order valence-electron chi connectivity index (χ4n) is 6.28. The molecule has 0 bridgehead atoms. The SMILES string of the molecule is c1ccc(-c2cc(-c3c4ccccc4c(-c4ccc5ccccc5c4)c4ccccc34)cc(-c3ccccc3)n2)cc1. The number of fused-ring (bicyclic) bond motifs is 3. The maximum Gasteiger partial charge on any atom is 0.0715 e. The third kappa shape index (κ3) is 4.15. The summed E-state index contributed by atoms with van der Waals surface area (Å²) in [5.41, 5.74) is 9.07. The molecule has 8 rings (SSSR count). The van der Waals surface area contributed by atoms with Gasteiger partial charge in [-0.2, -0.15) is 0 Å². The van der Waals surface area contributed by atoms with Crippen molar-refractivity contribution in [3.8, 4) is 44.8 Å². The highest BCUT2D eigenvalue weighted by atomic mass is 14.7. The van der Waals surface area contributed by atoms with Crippen LogP contribution in [0.15, 0.2) is 164 Å². The summed E-state index contributed by atoms with van der Waals surface area (Å²) in [4.78, 5) is 5.15. The summed E-state index contributed by atoms with van der Waals surface area (Å²) < 4.78 is 0. The predicted octanol–water partition coefficient (Wildman–Crippen LogP) is 11.2. The molecule has 1 heterocycles. The first-order valence-electron chi connectivity index (χ1n) is 14.4. The third-order valence-electron chi connectivity index (χ3n) is 8.22. The lowest BCUT2D eigenvalue weighted by atomic mass is 9.85. The second-order valence-electron chi connectivity index (χ2n) is 10.8. The van der Waals surface area contributed by atoms with Gasteiger partial charge in [-0.3, -0.25) is 0 Å². The van der Waals surface area contributed by atoms with Gasteiger partial charge in [0.2, 0.25) is 0 Å². The van der Waals surface area contributed by atoms with Crippen molar-refractivity contribution < 1.29 is 0 Å². The van der Waals surface area contributed by atoms with Crippen LogP contribution in [0, 0.1) is 0 Å². The number of aromatic nitrogens is 1. The maximum absolute atomic E-state index is 5.15. The molecule has 1 aromatic heterocycles. The van der Waals surface area contributed by atoms with Crippen LogP contribution in [0.1, 0.15) is 0 Å². The zero-order valence-electron chi connectivity index (χ0n) is 23.0. The van der Waals surface area contributed by atoms with E-state index in [1.165, 1.54) is 54.6 Å². The Hall–Kier alpha value is -5.53. The number of rotatable bonds is 4. The molecule has 0 radical (unpaired) electrons. The molecule has 0 saturated carbocycles. The fourth-order valence-corrected chi connectivity index (χ4v) is 6.28. The second-order valence-corrected chi connectivity index (χ2v) is 10.8. The van der Waals surface area contributed by atoms with Gasteiger partial charge in [-0.05, 0) is 72.8 Å². The summed E-state index contributed by atoms with van der Waals surface area (Å²) >= 11 is 0. The number of benzene rings is 7. The van der Waals surface area contributed by atoms with E-state index in [4.69, 9.17) is 4.98 Å². The summed E-state index contributed by atoms with van der Waals surface area (Å²) in [7, 11) is 0. The van der Waals surface area contributed by atoms with Gasteiger partial charge in [-0.1, -0.05) is 146 Å². The highest BCUT2D eigenvalue weighted by molar-refractivity contribution is 6.22. The number of hydrogen-bond acceptors (Lipinski definition) is 1. The Kier molecular flexibility index (Phi) is 5.86. The third-order valence-corrected chi connectivity index (χ3v) is 8.22. The van der Waals surface area contributed by atoms with Crippen LogP contribution in [0.4, 0.5) is 0 Å². The number of hydrogen-bond donors (Lipinski definition) is 0. The van der Waals surface area contributed by atoms with Crippen LogP contribution >= 0.6 is 0 Å². The molecule has 1 heteroatoms. The van der Waals surface area contributed by atoms with E-state index in [0.717, 1.165) is 22.5 Å². The molecular weight excluding hydrogens is 506 g/mol. The Balaban J connectivity index is 1.46. The molecule has 0 atom stereocenters. The van der Waals surface area contributed by atoms with Crippen LogP contribution in [0.3, 0.4) is 0 Å². The first-order valence-corrected chi connectivity index (χ1v) is 14.4. The van der Waals surface area contributed by atoms with Crippen LogP contribution in [0.2, 0.25) is 0 Å². The van der Waals surface area contributed by atoms with Gasteiger partial charge < -0.3 is 0 Å². The molecule has 1 nitrogen and oxygen atoms in total. The van der Waals surface area contributed by atoms with E-state index < -0.39 is 0 Å². The van der Waals surface area contributed by atoms with Crippen molar-refractivity contribution in [3.05, 3.63) is 164 Å². The molecule has 8 aromatic rings. The second kappa shape index (κ2) is 10.1. The van der Waals surface area contributed by atoms with Gasteiger partial charge in [0, 0.05) is 11.1 Å². The van der Waals surface area contributed by atoms with Crippen LogP contribution in [-0.2, 0) is 0 Å². The van der Waals surface area contributed by atoms with Crippen molar-refractivity contribution in [2.24, 2.45) is 0 Å². The van der Waals surface area contributed by atoms with E-state index in [0.29, 0.717) is 0 Å². The molecule has 0 unspecified atom stereocenters. The first-order chi connectivity index (χ1) is 20.8. The van der Waals surface area contributed by atoms with Gasteiger partial charge in [0.25, 0.3) is 0 Å². The Bertz CT molecular complexity index is 2120. The molecule has 7 aromatic carbocycles. The Labute approximate surface area is 245 Å². The van der Waals surface area contributed by atoms with E-state index >= 15 is 0 Å². The van der Waals surface area contributed by atoms with Gasteiger partial charge in [0.15, 0.2) is 0 Å². The topological polar surface area (TPSA) is 12.9 Å². The van der Waals surface area contributed by atoms with Gasteiger partial charge in [-0.15, -0.1) is 0 Å². The van der Waals surface area contributed by atoms with E-state index in [1.807, 2.05) is 0 Å². The summed E-state index contributed by atoms with van der Waals surface area (Å²) in [5.74, 6) is 0. The van der Waals surface area contributed by atoms with Crippen LogP contribution in [0.25, 0.3) is 77.1 Å². The molecule has 0 amide bonds. The monoisotopic (exact) mass is 533 g/mol. The molecule has 0 spiro atoms. The zero-order chi connectivity index (χ0) is 27.9. The Morgan fingerprint density at radius 3 is 1.24 bits per heavy atom. The summed E-state index contributed by atoms with van der Waals surface area (Å²) in [6.07, 6.45) is 0. The van der Waals surface area contributed by atoms with Crippen LogP contribution < -0.4 is 0 Å². The molecule has 0 saturated heterocycles. The molecule has 0 fully saturated rings. The average molecular weight is 534 g/mol. The quantitative estimate of drug-likeness (QED) is 0.205. The zero-order valence-corrected chi connectivity index (χ0v) is 23.0. The van der Waals surface area contributed by atoms with Gasteiger partial charge in [0.05, 0.1) is 11.4 Å². The summed E-state index contributed by atoms with van der Waals surface area (Å²) in [6, 6.07) is 58.6. The van der Waals surface area contributed by atoms with E-state index in [2.05, 4.69) is 164 Å². The molecule has 0 aliphatic heterocycles. The van der Waals surface area contributed by atoms with Crippen molar-refractivity contribution in [2.75, 3.05) is 0 Å². The lowest BCUT2D eigenvalue weighted by Gasteiger charge is -2.19. The molecule has 196 valence electrons. The van der Waals surface area contributed by atoms with E-state index in [-0.39, 0.29) is 0 Å². The smallest absolute Gasteiger partial charge is 0.0715 e. The van der Waals surface area contributed by atoms with E-state index in [1.54, 1.807) is 0 Å². The predicted molar refractivity (Wildman–Crippen MR) is 178 cm³/mol.